The third kappa shape index (κ3) is 3.10. The van der Waals surface area contributed by atoms with Crippen molar-refractivity contribution < 1.29 is 9.53 Å². The maximum Gasteiger partial charge on any atom is 0.261 e. The summed E-state index contributed by atoms with van der Waals surface area (Å²) in [5, 5.41) is 0. The van der Waals surface area contributed by atoms with Gasteiger partial charge in [0.25, 0.3) is 11.5 Å². The Morgan fingerprint density at radius 2 is 2.15 bits per heavy atom. The number of carbonyl (C=O) groups is 1. The van der Waals surface area contributed by atoms with Crippen LogP contribution in [0.4, 0.5) is 0 Å². The molecule has 2 atom stereocenters. The number of carbonyl (C=O) groups excluding carboxylic acids is 1. The van der Waals surface area contributed by atoms with Crippen molar-refractivity contribution in [3.8, 4) is 11.4 Å². The van der Waals surface area contributed by atoms with Crippen molar-refractivity contribution in [2.24, 2.45) is 5.92 Å². The van der Waals surface area contributed by atoms with E-state index in [-0.39, 0.29) is 23.3 Å². The molecule has 144 valence electrons. The molecule has 0 saturated carbocycles. The summed E-state index contributed by atoms with van der Waals surface area (Å²) >= 11 is 0. The summed E-state index contributed by atoms with van der Waals surface area (Å²) in [5.74, 6) is 1.09. The number of nitrogens with one attached hydrogen (secondary N) is 1. The van der Waals surface area contributed by atoms with Gasteiger partial charge in [-0.05, 0) is 45.2 Å². The van der Waals surface area contributed by atoms with Gasteiger partial charge in [-0.25, -0.2) is 4.98 Å². The molecular weight excluding hydrogens is 344 g/mol. The molecule has 0 aliphatic carbocycles. The van der Waals surface area contributed by atoms with Crippen LogP contribution in [0.2, 0.25) is 0 Å². The minimum Gasteiger partial charge on any atom is -0.366 e. The number of hydrogen-bond acceptors (Lipinski definition) is 4. The van der Waals surface area contributed by atoms with Crippen LogP contribution in [-0.4, -0.2) is 50.6 Å². The zero-order valence-electron chi connectivity index (χ0n) is 16.1. The summed E-state index contributed by atoms with van der Waals surface area (Å²) in [4.78, 5) is 35.1. The van der Waals surface area contributed by atoms with Gasteiger partial charge in [-0.2, -0.15) is 0 Å². The minimum atomic E-state index is -0.816. The number of fused-ring (bicyclic) bond motifs is 4. The molecule has 2 aliphatic heterocycles. The number of amides is 1. The molecule has 1 fully saturated rings. The molecule has 2 aromatic heterocycles. The van der Waals surface area contributed by atoms with Gasteiger partial charge in [-0.3, -0.25) is 9.59 Å². The van der Waals surface area contributed by atoms with E-state index >= 15 is 0 Å². The molecule has 2 aliphatic rings. The number of piperidine rings is 1. The first-order chi connectivity index (χ1) is 12.9. The van der Waals surface area contributed by atoms with Gasteiger partial charge in [0, 0.05) is 50.2 Å². The predicted octanol–water partition coefficient (Wildman–Crippen LogP) is 2.00. The Balaban J connectivity index is 1.63. The summed E-state index contributed by atoms with van der Waals surface area (Å²) in [6.07, 6.45) is 4.38. The molecule has 1 saturated heterocycles. The number of imidazole rings is 1. The van der Waals surface area contributed by atoms with Crippen LogP contribution >= 0.6 is 0 Å². The second-order valence-electron chi connectivity index (χ2n) is 7.98. The average Bonchev–Trinajstić information content (AvgIpc) is 3.16. The van der Waals surface area contributed by atoms with Crippen LogP contribution in [0.25, 0.3) is 11.4 Å². The monoisotopic (exact) mass is 370 g/mol. The van der Waals surface area contributed by atoms with Crippen molar-refractivity contribution in [1.29, 1.82) is 0 Å². The topological polar surface area (TPSA) is 80.2 Å². The molecular formula is C20H26N4O3. The standard InChI is InChI=1S/C20H26N4O3/c1-4-27-20(2,3)19(26)23-10-13-9-14(12-23)16-6-5-15(17-21-7-8-22-17)18(25)24(16)11-13/h5-8,13-14H,4,9-12H2,1-3H3,(H,21,22)/t13-,14+/m0/s1. The maximum atomic E-state index is 13.0. The van der Waals surface area contributed by atoms with Gasteiger partial charge in [0.2, 0.25) is 0 Å². The molecule has 0 unspecified atom stereocenters. The molecule has 7 heteroatoms. The number of hydrogen-bond donors (Lipinski definition) is 1. The molecule has 2 aromatic rings. The van der Waals surface area contributed by atoms with Crippen molar-refractivity contribution in [2.75, 3.05) is 19.7 Å². The summed E-state index contributed by atoms with van der Waals surface area (Å²) in [7, 11) is 0. The molecule has 0 radical (unpaired) electrons. The predicted molar refractivity (Wildman–Crippen MR) is 101 cm³/mol. The molecule has 1 amide bonds. The lowest BCUT2D eigenvalue weighted by molar-refractivity contribution is -0.156. The Morgan fingerprint density at radius 3 is 2.85 bits per heavy atom. The van der Waals surface area contributed by atoms with E-state index in [4.69, 9.17) is 4.74 Å². The first-order valence-corrected chi connectivity index (χ1v) is 9.57. The Labute approximate surface area is 158 Å². The average molecular weight is 370 g/mol. The fourth-order valence-electron chi connectivity index (χ4n) is 4.51. The zero-order chi connectivity index (χ0) is 19.2. The molecule has 4 rings (SSSR count). The normalized spacial score (nSPS) is 21.8. The smallest absolute Gasteiger partial charge is 0.261 e. The van der Waals surface area contributed by atoms with E-state index < -0.39 is 5.60 Å². The van der Waals surface area contributed by atoms with Crippen LogP contribution in [0.15, 0.2) is 29.3 Å². The SMILES string of the molecule is CCOC(C)(C)C(=O)N1C[C@@H]2C[C@H](C1)c1ccc(-c3ncc[nH]3)c(=O)n1C2. The van der Waals surface area contributed by atoms with E-state index in [9.17, 15) is 9.59 Å². The number of pyridine rings is 1. The van der Waals surface area contributed by atoms with Crippen LogP contribution in [0.3, 0.4) is 0 Å². The molecule has 7 nitrogen and oxygen atoms in total. The van der Waals surface area contributed by atoms with Crippen LogP contribution in [-0.2, 0) is 16.1 Å². The molecule has 2 bridgehead atoms. The number of rotatable bonds is 4. The molecule has 27 heavy (non-hydrogen) atoms. The Hall–Kier alpha value is -2.41. The Kier molecular flexibility index (Phi) is 4.42. The van der Waals surface area contributed by atoms with Crippen LogP contribution in [0, 0.1) is 5.92 Å². The number of H-pyrrole nitrogens is 1. The largest absolute Gasteiger partial charge is 0.366 e. The van der Waals surface area contributed by atoms with Crippen molar-refractivity contribution >= 4 is 5.91 Å². The highest BCUT2D eigenvalue weighted by atomic mass is 16.5. The minimum absolute atomic E-state index is 0.00780. The van der Waals surface area contributed by atoms with Gasteiger partial charge in [-0.15, -0.1) is 0 Å². The molecule has 0 spiro atoms. The fourth-order valence-corrected chi connectivity index (χ4v) is 4.51. The fraction of sp³-hybridized carbons (Fsp3) is 0.550. The van der Waals surface area contributed by atoms with E-state index in [1.807, 2.05) is 42.4 Å². The van der Waals surface area contributed by atoms with Crippen LogP contribution in [0.5, 0.6) is 0 Å². The number of likely N-dealkylation sites (tertiary alicyclic amines) is 1. The van der Waals surface area contributed by atoms with Crippen LogP contribution < -0.4 is 5.56 Å². The number of ether oxygens (including phenoxy) is 1. The van der Waals surface area contributed by atoms with Gasteiger partial charge in [0.05, 0.1) is 5.56 Å². The summed E-state index contributed by atoms with van der Waals surface area (Å²) < 4.78 is 7.54. The molecule has 0 aromatic carbocycles. The van der Waals surface area contributed by atoms with Gasteiger partial charge < -0.3 is 19.2 Å². The highest BCUT2D eigenvalue weighted by Gasteiger charge is 2.41. The van der Waals surface area contributed by atoms with Gasteiger partial charge in [0.15, 0.2) is 0 Å². The van der Waals surface area contributed by atoms with E-state index in [1.54, 1.807) is 12.4 Å². The second kappa shape index (κ2) is 6.64. The van der Waals surface area contributed by atoms with Gasteiger partial charge in [-0.1, -0.05) is 0 Å². The highest BCUT2D eigenvalue weighted by molar-refractivity contribution is 5.84. The summed E-state index contributed by atoms with van der Waals surface area (Å²) in [6.45, 7) is 8.01. The maximum absolute atomic E-state index is 13.0. The van der Waals surface area contributed by atoms with E-state index in [1.165, 1.54) is 0 Å². The highest BCUT2D eigenvalue weighted by Crippen LogP contribution is 2.36. The second-order valence-corrected chi connectivity index (χ2v) is 7.98. The lowest BCUT2D eigenvalue weighted by Gasteiger charge is -2.44. The lowest BCUT2D eigenvalue weighted by Crippen LogP contribution is -2.54. The van der Waals surface area contributed by atoms with Crippen molar-refractivity contribution in [3.63, 3.8) is 0 Å². The third-order valence-corrected chi connectivity index (χ3v) is 5.67. The lowest BCUT2D eigenvalue weighted by atomic mass is 9.82. The molecule has 1 N–H and O–H groups in total. The van der Waals surface area contributed by atoms with E-state index in [2.05, 4.69) is 9.97 Å². The van der Waals surface area contributed by atoms with E-state index in [0.717, 1.165) is 12.1 Å². The Bertz CT molecular complexity index is 900. The summed E-state index contributed by atoms with van der Waals surface area (Å²) in [5.41, 5.74) is 0.780. The van der Waals surface area contributed by atoms with Crippen LogP contribution in [0.1, 0.15) is 38.8 Å². The molecule has 4 heterocycles. The van der Waals surface area contributed by atoms with Crippen molar-refractivity contribution in [3.05, 3.63) is 40.6 Å². The number of aromatic amines is 1. The Morgan fingerprint density at radius 1 is 1.33 bits per heavy atom. The van der Waals surface area contributed by atoms with Crippen molar-refractivity contribution in [2.45, 2.75) is 45.3 Å². The first-order valence-electron chi connectivity index (χ1n) is 9.57. The number of nitrogens with zero attached hydrogens (tertiary/aromatic N) is 3. The van der Waals surface area contributed by atoms with E-state index in [0.29, 0.717) is 37.6 Å². The van der Waals surface area contributed by atoms with Gasteiger partial charge in [0.1, 0.15) is 11.4 Å². The number of aromatic nitrogens is 3. The quantitative estimate of drug-likeness (QED) is 0.893. The first kappa shape index (κ1) is 18.0. The van der Waals surface area contributed by atoms with Crippen molar-refractivity contribution in [1.82, 2.24) is 19.4 Å². The third-order valence-electron chi connectivity index (χ3n) is 5.67. The summed E-state index contributed by atoms with van der Waals surface area (Å²) in [6, 6.07) is 3.86. The van der Waals surface area contributed by atoms with Gasteiger partial charge >= 0.3 is 0 Å². The zero-order valence-corrected chi connectivity index (χ0v) is 16.1.